The van der Waals surface area contributed by atoms with Crippen LogP contribution < -0.4 is 16.1 Å². The third-order valence-corrected chi connectivity index (χ3v) is 4.20. The van der Waals surface area contributed by atoms with Crippen LogP contribution in [0.5, 0.6) is 0 Å². The average molecular weight is 327 g/mol. The number of nitrogens with zero attached hydrogens (tertiary/aromatic N) is 2. The smallest absolute Gasteiger partial charge is 0.344 e. The number of rotatable bonds is 6. The summed E-state index contributed by atoms with van der Waals surface area (Å²) in [6, 6.07) is -0.607. The molecule has 0 spiro atoms. The number of hydrogen-bond donors (Lipinski definition) is 3. The van der Waals surface area contributed by atoms with E-state index in [4.69, 9.17) is 4.74 Å². The Labute approximate surface area is 135 Å². The highest BCUT2D eigenvalue weighted by atomic mass is 16.5. The summed E-state index contributed by atoms with van der Waals surface area (Å²) < 4.78 is 5.58. The number of likely N-dealkylation sites (N-methyl/N-ethyl adjacent to an activating group) is 1. The number of carbonyl (C=O) groups excluding carboxylic acids is 3. The third-order valence-electron chi connectivity index (χ3n) is 4.20. The molecule has 23 heavy (non-hydrogen) atoms. The van der Waals surface area contributed by atoms with E-state index in [2.05, 4.69) is 21.0 Å². The second-order valence-electron chi connectivity index (χ2n) is 6.18. The lowest BCUT2D eigenvalue weighted by Gasteiger charge is -2.30. The standard InChI is InChI=1S/C14H25N5O4/c1-4-14(2)12(21)19(13(22)16-14)17-11(20)8-15-7-10-9-18(3)5-6-23-10/h10,15H,4-9H2,1-3H3,(H,16,22)(H,17,20)/t10-,14+/m0/s1. The van der Waals surface area contributed by atoms with Gasteiger partial charge in [-0.15, -0.1) is 0 Å². The molecule has 130 valence electrons. The van der Waals surface area contributed by atoms with Crippen LogP contribution in [0.25, 0.3) is 0 Å². The highest BCUT2D eigenvalue weighted by Crippen LogP contribution is 2.18. The number of nitrogens with one attached hydrogen (secondary N) is 3. The summed E-state index contributed by atoms with van der Waals surface area (Å²) in [5, 5.41) is 6.30. The lowest BCUT2D eigenvalue weighted by Crippen LogP contribution is -2.51. The van der Waals surface area contributed by atoms with E-state index in [-0.39, 0.29) is 12.6 Å². The highest BCUT2D eigenvalue weighted by Gasteiger charge is 2.47. The van der Waals surface area contributed by atoms with E-state index < -0.39 is 23.4 Å². The molecule has 0 aromatic heterocycles. The summed E-state index contributed by atoms with van der Waals surface area (Å²) in [5.41, 5.74) is 1.37. The second kappa shape index (κ2) is 7.24. The number of amides is 4. The van der Waals surface area contributed by atoms with Crippen molar-refractivity contribution in [2.75, 3.05) is 39.8 Å². The fraction of sp³-hybridized carbons (Fsp3) is 0.786. The molecule has 2 aliphatic heterocycles. The fourth-order valence-corrected chi connectivity index (χ4v) is 2.53. The molecule has 0 aromatic carbocycles. The van der Waals surface area contributed by atoms with Crippen molar-refractivity contribution >= 4 is 17.8 Å². The Morgan fingerprint density at radius 2 is 2.22 bits per heavy atom. The average Bonchev–Trinajstić information content (AvgIpc) is 2.71. The molecular weight excluding hydrogens is 302 g/mol. The normalized spacial score (nSPS) is 28.8. The van der Waals surface area contributed by atoms with E-state index in [1.54, 1.807) is 13.8 Å². The SMILES string of the molecule is CC[C@@]1(C)NC(=O)N(NC(=O)CNC[C@H]2CN(C)CCO2)C1=O. The first-order chi connectivity index (χ1) is 10.9. The minimum absolute atomic E-state index is 0.00345. The van der Waals surface area contributed by atoms with E-state index in [9.17, 15) is 14.4 Å². The van der Waals surface area contributed by atoms with Crippen molar-refractivity contribution in [2.45, 2.75) is 31.9 Å². The van der Waals surface area contributed by atoms with Crippen molar-refractivity contribution in [3.8, 4) is 0 Å². The monoisotopic (exact) mass is 327 g/mol. The molecule has 9 heteroatoms. The van der Waals surface area contributed by atoms with E-state index in [1.165, 1.54) is 0 Å². The van der Waals surface area contributed by atoms with Crippen LogP contribution in [0.1, 0.15) is 20.3 Å². The summed E-state index contributed by atoms with van der Waals surface area (Å²) in [6.07, 6.45) is 0.482. The van der Waals surface area contributed by atoms with Gasteiger partial charge in [0.15, 0.2) is 0 Å². The fourth-order valence-electron chi connectivity index (χ4n) is 2.53. The molecule has 2 aliphatic rings. The summed E-state index contributed by atoms with van der Waals surface area (Å²) in [7, 11) is 2.02. The number of carbonyl (C=O) groups is 3. The molecule has 0 aromatic rings. The zero-order valence-corrected chi connectivity index (χ0v) is 13.8. The summed E-state index contributed by atoms with van der Waals surface area (Å²) in [6.45, 7) is 6.35. The molecule has 4 amide bonds. The van der Waals surface area contributed by atoms with Gasteiger partial charge in [0.25, 0.3) is 11.8 Å². The first kappa shape index (κ1) is 17.6. The minimum atomic E-state index is -0.960. The number of ether oxygens (including phenoxy) is 1. The zero-order valence-electron chi connectivity index (χ0n) is 13.8. The Morgan fingerprint density at radius 3 is 2.83 bits per heavy atom. The van der Waals surface area contributed by atoms with Crippen LogP contribution in [-0.4, -0.2) is 79.2 Å². The van der Waals surface area contributed by atoms with Crippen molar-refractivity contribution < 1.29 is 19.1 Å². The molecule has 2 rings (SSSR count). The number of hydrogen-bond acceptors (Lipinski definition) is 6. The molecule has 9 nitrogen and oxygen atoms in total. The zero-order chi connectivity index (χ0) is 17.0. The molecule has 0 aliphatic carbocycles. The van der Waals surface area contributed by atoms with Crippen molar-refractivity contribution in [1.29, 1.82) is 0 Å². The lowest BCUT2D eigenvalue weighted by atomic mass is 10.00. The molecule has 0 unspecified atom stereocenters. The van der Waals surface area contributed by atoms with Gasteiger partial charge in [-0.3, -0.25) is 15.0 Å². The van der Waals surface area contributed by atoms with Gasteiger partial charge in [-0.2, -0.15) is 5.01 Å². The summed E-state index contributed by atoms with van der Waals surface area (Å²) in [5.74, 6) is -0.895. The largest absolute Gasteiger partial charge is 0.374 e. The maximum absolute atomic E-state index is 12.1. The molecule has 2 atom stereocenters. The van der Waals surface area contributed by atoms with Gasteiger partial charge >= 0.3 is 6.03 Å². The first-order valence-electron chi connectivity index (χ1n) is 7.83. The predicted octanol–water partition coefficient (Wildman–Crippen LogP) is -1.34. The Bertz CT molecular complexity index is 486. The van der Waals surface area contributed by atoms with Crippen molar-refractivity contribution in [3.63, 3.8) is 0 Å². The molecule has 2 heterocycles. The van der Waals surface area contributed by atoms with Crippen molar-refractivity contribution in [3.05, 3.63) is 0 Å². The first-order valence-corrected chi connectivity index (χ1v) is 7.83. The Morgan fingerprint density at radius 1 is 1.48 bits per heavy atom. The van der Waals surface area contributed by atoms with Crippen molar-refractivity contribution in [1.82, 2.24) is 26.0 Å². The molecule has 2 saturated heterocycles. The minimum Gasteiger partial charge on any atom is -0.374 e. The van der Waals surface area contributed by atoms with Crippen LogP contribution in [-0.2, 0) is 14.3 Å². The van der Waals surface area contributed by atoms with Gasteiger partial charge in [-0.1, -0.05) is 6.92 Å². The van der Waals surface area contributed by atoms with Crippen LogP contribution >= 0.6 is 0 Å². The molecule has 0 radical (unpaired) electrons. The quantitative estimate of drug-likeness (QED) is 0.522. The maximum atomic E-state index is 12.1. The second-order valence-corrected chi connectivity index (χ2v) is 6.18. The highest BCUT2D eigenvalue weighted by molar-refractivity contribution is 6.07. The van der Waals surface area contributed by atoms with E-state index in [0.717, 1.165) is 18.1 Å². The van der Waals surface area contributed by atoms with Gasteiger partial charge in [0.05, 0.1) is 19.3 Å². The van der Waals surface area contributed by atoms with Crippen LogP contribution in [0.3, 0.4) is 0 Å². The van der Waals surface area contributed by atoms with Gasteiger partial charge in [-0.05, 0) is 20.4 Å². The van der Waals surface area contributed by atoms with Crippen LogP contribution in [0.4, 0.5) is 4.79 Å². The Hall–Kier alpha value is -1.71. The Balaban J connectivity index is 1.74. The maximum Gasteiger partial charge on any atom is 0.344 e. The topological polar surface area (TPSA) is 103 Å². The van der Waals surface area contributed by atoms with Gasteiger partial charge in [-0.25, -0.2) is 4.79 Å². The van der Waals surface area contributed by atoms with Gasteiger partial charge in [0.2, 0.25) is 0 Å². The molecule has 0 bridgehead atoms. The lowest BCUT2D eigenvalue weighted by molar-refractivity contribution is -0.138. The van der Waals surface area contributed by atoms with E-state index in [1.807, 2.05) is 7.05 Å². The van der Waals surface area contributed by atoms with Crippen LogP contribution in [0.15, 0.2) is 0 Å². The Kier molecular flexibility index (Phi) is 5.55. The molecule has 3 N–H and O–H groups in total. The number of imide groups is 1. The number of morpholine rings is 1. The van der Waals surface area contributed by atoms with Crippen LogP contribution in [0.2, 0.25) is 0 Å². The van der Waals surface area contributed by atoms with Gasteiger partial charge < -0.3 is 20.3 Å². The molecule has 0 saturated carbocycles. The summed E-state index contributed by atoms with van der Waals surface area (Å²) in [4.78, 5) is 38.0. The van der Waals surface area contributed by atoms with Gasteiger partial charge in [0.1, 0.15) is 5.54 Å². The van der Waals surface area contributed by atoms with Gasteiger partial charge in [0, 0.05) is 19.6 Å². The number of urea groups is 1. The third kappa shape index (κ3) is 4.18. The predicted molar refractivity (Wildman–Crippen MR) is 82.3 cm³/mol. The molecule has 2 fully saturated rings. The van der Waals surface area contributed by atoms with Crippen molar-refractivity contribution in [2.24, 2.45) is 0 Å². The number of hydrazine groups is 1. The van der Waals surface area contributed by atoms with E-state index in [0.29, 0.717) is 19.6 Å². The van der Waals surface area contributed by atoms with E-state index >= 15 is 0 Å². The van der Waals surface area contributed by atoms with Crippen LogP contribution in [0, 0.1) is 0 Å². The summed E-state index contributed by atoms with van der Waals surface area (Å²) >= 11 is 0. The molecular formula is C14H25N5O4.